The summed E-state index contributed by atoms with van der Waals surface area (Å²) in [5.74, 6) is -0.298. The molecule has 2 rings (SSSR count). The highest BCUT2D eigenvalue weighted by Crippen LogP contribution is 2.20. The van der Waals surface area contributed by atoms with Crippen LogP contribution in [0.4, 0.5) is 0 Å². The third-order valence-electron chi connectivity index (χ3n) is 3.34. The Morgan fingerprint density at radius 2 is 2.20 bits per heavy atom. The lowest BCUT2D eigenvalue weighted by molar-refractivity contribution is -0.124. The topological polar surface area (TPSA) is 78.5 Å². The highest BCUT2D eigenvalue weighted by Gasteiger charge is 2.37. The summed E-state index contributed by atoms with van der Waals surface area (Å²) >= 11 is 0. The molecule has 0 saturated carbocycles. The van der Waals surface area contributed by atoms with E-state index >= 15 is 0 Å². The van der Waals surface area contributed by atoms with E-state index in [1.807, 2.05) is 13.0 Å². The molecule has 1 fully saturated rings. The third kappa shape index (κ3) is 2.84. The van der Waals surface area contributed by atoms with Crippen molar-refractivity contribution in [2.75, 3.05) is 26.7 Å². The molecule has 0 aromatic heterocycles. The van der Waals surface area contributed by atoms with E-state index in [2.05, 4.69) is 10.6 Å². The zero-order valence-electron chi connectivity index (χ0n) is 11.6. The van der Waals surface area contributed by atoms with Crippen LogP contribution >= 0.6 is 0 Å². The van der Waals surface area contributed by atoms with Crippen LogP contribution in [0.3, 0.4) is 0 Å². The van der Waals surface area contributed by atoms with Gasteiger partial charge in [-0.05, 0) is 24.6 Å². The van der Waals surface area contributed by atoms with E-state index in [9.17, 15) is 13.2 Å². The minimum absolute atomic E-state index is 0.230. The fourth-order valence-corrected chi connectivity index (χ4v) is 3.97. The van der Waals surface area contributed by atoms with Crippen molar-refractivity contribution >= 4 is 15.9 Å². The summed E-state index contributed by atoms with van der Waals surface area (Å²) < 4.78 is 26.7. The van der Waals surface area contributed by atoms with E-state index in [0.717, 1.165) is 5.56 Å². The summed E-state index contributed by atoms with van der Waals surface area (Å²) in [5.41, 5.74) is 0.873. The van der Waals surface area contributed by atoms with Crippen LogP contribution in [0.5, 0.6) is 0 Å². The van der Waals surface area contributed by atoms with Crippen LogP contribution in [0, 0.1) is 6.92 Å². The monoisotopic (exact) mass is 297 g/mol. The third-order valence-corrected chi connectivity index (χ3v) is 5.24. The van der Waals surface area contributed by atoms with Crippen LogP contribution in [0.2, 0.25) is 0 Å². The maximum Gasteiger partial charge on any atom is 0.243 e. The number of hydrogen-bond donors (Lipinski definition) is 2. The Morgan fingerprint density at radius 3 is 2.85 bits per heavy atom. The number of hydrogen-bond acceptors (Lipinski definition) is 4. The van der Waals surface area contributed by atoms with E-state index in [1.54, 1.807) is 18.2 Å². The molecule has 20 heavy (non-hydrogen) atoms. The van der Waals surface area contributed by atoms with E-state index in [0.29, 0.717) is 13.1 Å². The number of likely N-dealkylation sites (N-methyl/N-ethyl adjacent to an activating group) is 1. The first-order valence-corrected chi connectivity index (χ1v) is 7.91. The number of carbonyl (C=O) groups excluding carboxylic acids is 1. The second kappa shape index (κ2) is 5.90. The van der Waals surface area contributed by atoms with Gasteiger partial charge in [0.1, 0.15) is 6.04 Å². The molecule has 1 aromatic carbocycles. The van der Waals surface area contributed by atoms with Crippen molar-refractivity contribution in [3.63, 3.8) is 0 Å². The van der Waals surface area contributed by atoms with Crippen LogP contribution < -0.4 is 10.6 Å². The molecule has 7 heteroatoms. The molecule has 1 atom stereocenters. The number of nitrogens with zero attached hydrogens (tertiary/aromatic N) is 1. The molecule has 0 spiro atoms. The Kier molecular flexibility index (Phi) is 4.42. The molecule has 0 bridgehead atoms. The molecule has 1 aliphatic heterocycles. The fourth-order valence-electron chi connectivity index (χ4n) is 2.27. The van der Waals surface area contributed by atoms with Gasteiger partial charge in [-0.2, -0.15) is 4.31 Å². The summed E-state index contributed by atoms with van der Waals surface area (Å²) in [6, 6.07) is 6.02. The van der Waals surface area contributed by atoms with Crippen molar-refractivity contribution in [1.29, 1.82) is 0 Å². The highest BCUT2D eigenvalue weighted by atomic mass is 32.2. The largest absolute Gasteiger partial charge is 0.358 e. The minimum atomic E-state index is -3.66. The van der Waals surface area contributed by atoms with Gasteiger partial charge in [0.05, 0.1) is 4.90 Å². The van der Waals surface area contributed by atoms with Gasteiger partial charge in [-0.15, -0.1) is 0 Å². The number of amides is 1. The second-order valence-electron chi connectivity index (χ2n) is 4.77. The second-order valence-corrected chi connectivity index (χ2v) is 6.66. The molecule has 1 amide bonds. The van der Waals surface area contributed by atoms with Crippen molar-refractivity contribution in [1.82, 2.24) is 14.9 Å². The highest BCUT2D eigenvalue weighted by molar-refractivity contribution is 7.89. The Morgan fingerprint density at radius 1 is 1.45 bits per heavy atom. The van der Waals surface area contributed by atoms with Gasteiger partial charge in [0.15, 0.2) is 0 Å². The van der Waals surface area contributed by atoms with Gasteiger partial charge < -0.3 is 10.6 Å². The van der Waals surface area contributed by atoms with Crippen molar-refractivity contribution in [2.45, 2.75) is 17.9 Å². The average molecular weight is 297 g/mol. The van der Waals surface area contributed by atoms with Gasteiger partial charge in [0, 0.05) is 26.7 Å². The van der Waals surface area contributed by atoms with Gasteiger partial charge in [-0.25, -0.2) is 8.42 Å². The zero-order chi connectivity index (χ0) is 14.8. The van der Waals surface area contributed by atoms with Gasteiger partial charge in [-0.1, -0.05) is 12.1 Å². The van der Waals surface area contributed by atoms with Gasteiger partial charge in [0.2, 0.25) is 15.9 Å². The van der Waals surface area contributed by atoms with Crippen molar-refractivity contribution in [3.05, 3.63) is 29.8 Å². The number of sulfonamides is 1. The number of carbonyl (C=O) groups is 1. The summed E-state index contributed by atoms with van der Waals surface area (Å²) in [4.78, 5) is 12.1. The maximum absolute atomic E-state index is 12.7. The molecule has 0 aliphatic carbocycles. The van der Waals surface area contributed by atoms with Gasteiger partial charge in [-0.3, -0.25) is 4.79 Å². The van der Waals surface area contributed by atoms with E-state index in [1.165, 1.54) is 11.4 Å². The number of piperazine rings is 1. The SMILES string of the molecule is CNC(=O)C1CNCCN1S(=O)(=O)c1cccc(C)c1. The smallest absolute Gasteiger partial charge is 0.243 e. The molecule has 1 aliphatic rings. The molecule has 110 valence electrons. The Labute approximate surface area is 119 Å². The zero-order valence-corrected chi connectivity index (χ0v) is 12.4. The molecule has 1 aromatic rings. The Bertz CT molecular complexity index is 601. The molecular weight excluding hydrogens is 278 g/mol. The molecule has 0 radical (unpaired) electrons. The van der Waals surface area contributed by atoms with E-state index in [-0.39, 0.29) is 17.3 Å². The number of benzene rings is 1. The first kappa shape index (κ1) is 15.0. The van der Waals surface area contributed by atoms with Crippen LogP contribution in [-0.2, 0) is 14.8 Å². The normalized spacial score (nSPS) is 20.6. The summed E-state index contributed by atoms with van der Waals surface area (Å²) in [5, 5.41) is 5.56. The predicted molar refractivity (Wildman–Crippen MR) is 75.8 cm³/mol. The van der Waals surface area contributed by atoms with Crippen molar-refractivity contribution in [3.8, 4) is 0 Å². The summed E-state index contributed by atoms with van der Waals surface area (Å²) in [6.07, 6.45) is 0. The summed E-state index contributed by atoms with van der Waals surface area (Å²) in [7, 11) is -2.15. The lowest BCUT2D eigenvalue weighted by Crippen LogP contribution is -2.59. The standard InChI is InChI=1S/C13H19N3O3S/c1-10-4-3-5-11(8-10)20(18,19)16-7-6-15-9-12(16)13(17)14-2/h3-5,8,12,15H,6-7,9H2,1-2H3,(H,14,17). The number of aryl methyl sites for hydroxylation is 1. The molecular formula is C13H19N3O3S. The Hall–Kier alpha value is -1.44. The lowest BCUT2D eigenvalue weighted by Gasteiger charge is -2.33. The lowest BCUT2D eigenvalue weighted by atomic mass is 10.2. The molecule has 1 saturated heterocycles. The van der Waals surface area contributed by atoms with Crippen molar-refractivity contribution < 1.29 is 13.2 Å². The van der Waals surface area contributed by atoms with Crippen LogP contribution in [0.1, 0.15) is 5.56 Å². The van der Waals surface area contributed by atoms with E-state index in [4.69, 9.17) is 0 Å². The van der Waals surface area contributed by atoms with Gasteiger partial charge in [0.25, 0.3) is 0 Å². The van der Waals surface area contributed by atoms with Crippen LogP contribution in [0.25, 0.3) is 0 Å². The number of rotatable bonds is 3. The minimum Gasteiger partial charge on any atom is -0.358 e. The first-order chi connectivity index (χ1) is 9.46. The average Bonchev–Trinajstić information content (AvgIpc) is 2.46. The Balaban J connectivity index is 2.38. The quantitative estimate of drug-likeness (QED) is 0.803. The first-order valence-electron chi connectivity index (χ1n) is 6.47. The van der Waals surface area contributed by atoms with Crippen LogP contribution in [-0.4, -0.2) is 51.4 Å². The fraction of sp³-hybridized carbons (Fsp3) is 0.462. The van der Waals surface area contributed by atoms with Gasteiger partial charge >= 0.3 is 0 Å². The molecule has 1 heterocycles. The maximum atomic E-state index is 12.7. The number of nitrogens with one attached hydrogen (secondary N) is 2. The molecule has 2 N–H and O–H groups in total. The molecule has 6 nitrogen and oxygen atoms in total. The van der Waals surface area contributed by atoms with E-state index < -0.39 is 16.1 Å². The predicted octanol–water partition coefficient (Wildman–Crippen LogP) is -0.296. The summed E-state index contributed by atoms with van der Waals surface area (Å²) in [6.45, 7) is 2.99. The van der Waals surface area contributed by atoms with Crippen LogP contribution in [0.15, 0.2) is 29.2 Å². The van der Waals surface area contributed by atoms with Crippen molar-refractivity contribution in [2.24, 2.45) is 0 Å². The molecule has 1 unspecified atom stereocenters.